The van der Waals surface area contributed by atoms with E-state index in [1.165, 1.54) is 0 Å². The van der Waals surface area contributed by atoms with E-state index in [-0.39, 0.29) is 5.92 Å². The van der Waals surface area contributed by atoms with Crippen LogP contribution in [0.25, 0.3) is 0 Å². The molecule has 1 atom stereocenters. The van der Waals surface area contributed by atoms with Crippen LogP contribution in [-0.4, -0.2) is 22.7 Å². The molecule has 58 valence electrons. The van der Waals surface area contributed by atoms with Crippen LogP contribution >= 0.6 is 0 Å². The van der Waals surface area contributed by atoms with Crippen LogP contribution in [0.1, 0.15) is 12.8 Å². The van der Waals surface area contributed by atoms with Crippen LogP contribution < -0.4 is 5.32 Å². The fourth-order valence-corrected chi connectivity index (χ4v) is 1.26. The number of rotatable bonds is 2. The van der Waals surface area contributed by atoms with E-state index in [1.54, 1.807) is 6.08 Å². The van der Waals surface area contributed by atoms with Crippen molar-refractivity contribution in [2.45, 2.75) is 18.8 Å². The fraction of sp³-hybridized carbons (Fsp3) is 0.714. The standard InChI is InChI=1S/C7H13NO2/c1-2-3-6-4-5-8-7(6,9)10/h2,6,8-10H,1,3-5H2. The molecule has 0 saturated carbocycles. The first kappa shape index (κ1) is 7.72. The molecule has 0 aliphatic carbocycles. The van der Waals surface area contributed by atoms with E-state index in [4.69, 9.17) is 0 Å². The van der Waals surface area contributed by atoms with Gasteiger partial charge in [-0.15, -0.1) is 6.58 Å². The highest BCUT2D eigenvalue weighted by atomic mass is 16.5. The summed E-state index contributed by atoms with van der Waals surface area (Å²) in [5, 5.41) is 21.0. The zero-order valence-electron chi connectivity index (χ0n) is 5.88. The third-order valence-electron chi connectivity index (χ3n) is 1.90. The molecule has 0 amide bonds. The van der Waals surface area contributed by atoms with E-state index < -0.39 is 5.91 Å². The average Bonchev–Trinajstić information content (AvgIpc) is 2.13. The lowest BCUT2D eigenvalue weighted by Gasteiger charge is -2.22. The van der Waals surface area contributed by atoms with Gasteiger partial charge in [0.25, 0.3) is 0 Å². The molecule has 0 aromatic carbocycles. The summed E-state index contributed by atoms with van der Waals surface area (Å²) >= 11 is 0. The molecule has 0 spiro atoms. The molecule has 1 unspecified atom stereocenters. The van der Waals surface area contributed by atoms with E-state index >= 15 is 0 Å². The van der Waals surface area contributed by atoms with Gasteiger partial charge in [-0.3, -0.25) is 5.32 Å². The molecule has 3 nitrogen and oxygen atoms in total. The van der Waals surface area contributed by atoms with Gasteiger partial charge in [-0.25, -0.2) is 0 Å². The molecule has 1 aliphatic heterocycles. The van der Waals surface area contributed by atoms with Gasteiger partial charge in [0.1, 0.15) is 0 Å². The van der Waals surface area contributed by atoms with Gasteiger partial charge in [-0.05, 0) is 12.8 Å². The predicted octanol–water partition coefficient (Wildman–Crippen LogP) is -0.190. The maximum atomic E-state index is 9.18. The van der Waals surface area contributed by atoms with Gasteiger partial charge in [0.05, 0.1) is 0 Å². The lowest BCUT2D eigenvalue weighted by molar-refractivity contribution is -0.201. The summed E-state index contributed by atoms with van der Waals surface area (Å²) in [6, 6.07) is 0. The third-order valence-corrected chi connectivity index (χ3v) is 1.90. The van der Waals surface area contributed by atoms with Gasteiger partial charge < -0.3 is 10.2 Å². The molecule has 1 saturated heterocycles. The first-order chi connectivity index (χ1) is 4.67. The van der Waals surface area contributed by atoms with E-state index in [9.17, 15) is 10.2 Å². The van der Waals surface area contributed by atoms with E-state index in [0.29, 0.717) is 13.0 Å². The van der Waals surface area contributed by atoms with Gasteiger partial charge in [0, 0.05) is 12.5 Å². The van der Waals surface area contributed by atoms with Crippen LogP contribution in [0.5, 0.6) is 0 Å². The SMILES string of the molecule is C=CCC1CCNC1(O)O. The van der Waals surface area contributed by atoms with Crippen LogP contribution in [0, 0.1) is 5.92 Å². The largest absolute Gasteiger partial charge is 0.353 e. The highest BCUT2D eigenvalue weighted by Crippen LogP contribution is 2.24. The number of hydrogen-bond donors (Lipinski definition) is 3. The van der Waals surface area contributed by atoms with Crippen LogP contribution in [0.3, 0.4) is 0 Å². The van der Waals surface area contributed by atoms with Crippen LogP contribution in [0.15, 0.2) is 12.7 Å². The molecular weight excluding hydrogens is 130 g/mol. The topological polar surface area (TPSA) is 52.5 Å². The smallest absolute Gasteiger partial charge is 0.225 e. The molecule has 0 aromatic rings. The second-order valence-electron chi connectivity index (χ2n) is 2.66. The van der Waals surface area contributed by atoms with E-state index in [1.807, 2.05) is 0 Å². The highest BCUT2D eigenvalue weighted by Gasteiger charge is 2.37. The normalized spacial score (nSPS) is 30.4. The van der Waals surface area contributed by atoms with Gasteiger partial charge in [-0.1, -0.05) is 6.08 Å². The minimum atomic E-state index is -1.66. The summed E-state index contributed by atoms with van der Waals surface area (Å²) in [6.45, 7) is 4.21. The second-order valence-corrected chi connectivity index (χ2v) is 2.66. The Labute approximate surface area is 60.4 Å². The first-order valence-electron chi connectivity index (χ1n) is 3.47. The maximum Gasteiger partial charge on any atom is 0.225 e. The molecule has 0 aromatic heterocycles. The van der Waals surface area contributed by atoms with Crippen molar-refractivity contribution in [3.63, 3.8) is 0 Å². The summed E-state index contributed by atoms with van der Waals surface area (Å²) in [4.78, 5) is 0. The highest BCUT2D eigenvalue weighted by molar-refractivity contribution is 4.86. The monoisotopic (exact) mass is 143 g/mol. The third kappa shape index (κ3) is 1.37. The molecule has 1 rings (SSSR count). The van der Waals surface area contributed by atoms with E-state index in [0.717, 1.165) is 6.42 Å². The number of hydrogen-bond acceptors (Lipinski definition) is 3. The Bertz CT molecular complexity index is 134. The Hall–Kier alpha value is -0.380. The summed E-state index contributed by atoms with van der Waals surface area (Å²) < 4.78 is 0. The maximum absolute atomic E-state index is 9.18. The fourth-order valence-electron chi connectivity index (χ4n) is 1.26. The van der Waals surface area contributed by atoms with Crippen molar-refractivity contribution in [1.29, 1.82) is 0 Å². The Morgan fingerprint density at radius 2 is 2.40 bits per heavy atom. The summed E-state index contributed by atoms with van der Waals surface area (Å²) in [5.41, 5.74) is 0. The first-order valence-corrected chi connectivity index (χ1v) is 3.47. The summed E-state index contributed by atoms with van der Waals surface area (Å²) in [5.74, 6) is -1.75. The predicted molar refractivity (Wildman–Crippen MR) is 38.1 cm³/mol. The van der Waals surface area contributed by atoms with Crippen LogP contribution in [-0.2, 0) is 0 Å². The molecule has 0 bridgehead atoms. The zero-order valence-corrected chi connectivity index (χ0v) is 5.88. The minimum absolute atomic E-state index is 0.0926. The molecular formula is C7H13NO2. The van der Waals surface area contributed by atoms with Crippen molar-refractivity contribution in [2.24, 2.45) is 5.92 Å². The number of aliphatic hydroxyl groups is 2. The Balaban J connectivity index is 2.50. The summed E-state index contributed by atoms with van der Waals surface area (Å²) in [6.07, 6.45) is 3.16. The van der Waals surface area contributed by atoms with Crippen molar-refractivity contribution < 1.29 is 10.2 Å². The average molecular weight is 143 g/mol. The van der Waals surface area contributed by atoms with Gasteiger partial charge in [0.2, 0.25) is 5.91 Å². The molecule has 10 heavy (non-hydrogen) atoms. The summed E-state index contributed by atoms with van der Waals surface area (Å²) in [7, 11) is 0. The number of nitrogens with one attached hydrogen (secondary N) is 1. The van der Waals surface area contributed by atoms with Crippen molar-refractivity contribution in [3.05, 3.63) is 12.7 Å². The molecule has 3 N–H and O–H groups in total. The number of allylic oxidation sites excluding steroid dienone is 1. The molecule has 3 heteroatoms. The van der Waals surface area contributed by atoms with Gasteiger partial charge >= 0.3 is 0 Å². The Kier molecular flexibility index (Phi) is 2.08. The van der Waals surface area contributed by atoms with Crippen molar-refractivity contribution in [3.8, 4) is 0 Å². The van der Waals surface area contributed by atoms with Gasteiger partial charge in [-0.2, -0.15) is 0 Å². The van der Waals surface area contributed by atoms with Crippen LogP contribution in [0.2, 0.25) is 0 Å². The molecule has 1 fully saturated rings. The second kappa shape index (κ2) is 2.70. The Morgan fingerprint density at radius 1 is 1.70 bits per heavy atom. The van der Waals surface area contributed by atoms with Crippen molar-refractivity contribution in [2.75, 3.05) is 6.54 Å². The van der Waals surface area contributed by atoms with Crippen LogP contribution in [0.4, 0.5) is 0 Å². The minimum Gasteiger partial charge on any atom is -0.353 e. The van der Waals surface area contributed by atoms with Crippen molar-refractivity contribution in [1.82, 2.24) is 5.32 Å². The Morgan fingerprint density at radius 3 is 2.80 bits per heavy atom. The molecule has 1 heterocycles. The lowest BCUT2D eigenvalue weighted by atomic mass is 10.0. The quantitative estimate of drug-likeness (QED) is 0.371. The van der Waals surface area contributed by atoms with Crippen molar-refractivity contribution >= 4 is 0 Å². The molecule has 0 radical (unpaired) electrons. The lowest BCUT2D eigenvalue weighted by Crippen LogP contribution is -2.44. The van der Waals surface area contributed by atoms with E-state index in [2.05, 4.69) is 11.9 Å². The molecule has 1 aliphatic rings. The van der Waals surface area contributed by atoms with Gasteiger partial charge in [0.15, 0.2) is 0 Å². The zero-order chi connectivity index (χ0) is 7.61.